The van der Waals surface area contributed by atoms with Gasteiger partial charge in [-0.2, -0.15) is 0 Å². The SMILES string of the molecule is Cc1ccccc1CS(=O)(=O)N1CCCCCC1. The van der Waals surface area contributed by atoms with Gasteiger partial charge in [0.05, 0.1) is 5.75 Å². The first-order valence-electron chi connectivity index (χ1n) is 6.62. The van der Waals surface area contributed by atoms with Gasteiger partial charge in [-0.1, -0.05) is 37.1 Å². The van der Waals surface area contributed by atoms with Crippen LogP contribution in [-0.2, 0) is 15.8 Å². The molecule has 18 heavy (non-hydrogen) atoms. The molecule has 1 aromatic carbocycles. The first kappa shape index (κ1) is 13.6. The molecule has 3 nitrogen and oxygen atoms in total. The quantitative estimate of drug-likeness (QED) is 0.844. The summed E-state index contributed by atoms with van der Waals surface area (Å²) in [6, 6.07) is 7.72. The van der Waals surface area contributed by atoms with E-state index >= 15 is 0 Å². The average Bonchev–Trinajstić information content (AvgIpc) is 2.61. The van der Waals surface area contributed by atoms with Gasteiger partial charge in [0.15, 0.2) is 0 Å². The number of hydrogen-bond acceptors (Lipinski definition) is 2. The van der Waals surface area contributed by atoms with Crippen LogP contribution in [0.1, 0.15) is 36.8 Å². The molecule has 1 aromatic rings. The van der Waals surface area contributed by atoms with Crippen molar-refractivity contribution in [2.45, 2.75) is 38.4 Å². The molecule has 1 saturated heterocycles. The molecular formula is C14H21NO2S. The fourth-order valence-corrected chi connectivity index (χ4v) is 4.09. The summed E-state index contributed by atoms with van der Waals surface area (Å²) >= 11 is 0. The number of sulfonamides is 1. The van der Waals surface area contributed by atoms with E-state index in [1.807, 2.05) is 31.2 Å². The summed E-state index contributed by atoms with van der Waals surface area (Å²) < 4.78 is 26.4. The summed E-state index contributed by atoms with van der Waals surface area (Å²) in [5.74, 6) is 0.139. The molecule has 100 valence electrons. The summed E-state index contributed by atoms with van der Waals surface area (Å²) in [6.07, 6.45) is 4.28. The van der Waals surface area contributed by atoms with E-state index in [2.05, 4.69) is 0 Å². The van der Waals surface area contributed by atoms with Gasteiger partial charge in [-0.3, -0.25) is 0 Å². The smallest absolute Gasteiger partial charge is 0.212 e. The van der Waals surface area contributed by atoms with Crippen LogP contribution in [0, 0.1) is 6.92 Å². The summed E-state index contributed by atoms with van der Waals surface area (Å²) in [4.78, 5) is 0. The molecule has 0 spiro atoms. The lowest BCUT2D eigenvalue weighted by atomic mass is 10.1. The van der Waals surface area contributed by atoms with Gasteiger partial charge in [-0.05, 0) is 30.9 Å². The molecule has 1 heterocycles. The monoisotopic (exact) mass is 267 g/mol. The molecule has 0 aliphatic carbocycles. The highest BCUT2D eigenvalue weighted by molar-refractivity contribution is 7.88. The van der Waals surface area contributed by atoms with Crippen molar-refractivity contribution in [3.05, 3.63) is 35.4 Å². The van der Waals surface area contributed by atoms with Crippen molar-refractivity contribution < 1.29 is 8.42 Å². The van der Waals surface area contributed by atoms with Crippen LogP contribution in [0.25, 0.3) is 0 Å². The third-order valence-electron chi connectivity index (χ3n) is 3.56. The molecule has 0 unspecified atom stereocenters. The maximum absolute atomic E-state index is 12.4. The maximum Gasteiger partial charge on any atom is 0.218 e. The summed E-state index contributed by atoms with van der Waals surface area (Å²) in [5, 5.41) is 0. The van der Waals surface area contributed by atoms with Crippen LogP contribution in [0.5, 0.6) is 0 Å². The summed E-state index contributed by atoms with van der Waals surface area (Å²) in [7, 11) is -3.15. The van der Waals surface area contributed by atoms with E-state index in [4.69, 9.17) is 0 Å². The standard InChI is InChI=1S/C14H21NO2S/c1-13-8-4-5-9-14(13)12-18(16,17)15-10-6-2-3-7-11-15/h4-5,8-9H,2-3,6-7,10-12H2,1H3. The number of hydrogen-bond donors (Lipinski definition) is 0. The van der Waals surface area contributed by atoms with Gasteiger partial charge in [-0.15, -0.1) is 0 Å². The van der Waals surface area contributed by atoms with Crippen molar-refractivity contribution >= 4 is 10.0 Å². The zero-order chi connectivity index (χ0) is 13.0. The highest BCUT2D eigenvalue weighted by Crippen LogP contribution is 2.18. The van der Waals surface area contributed by atoms with E-state index in [0.717, 1.165) is 36.8 Å². The highest BCUT2D eigenvalue weighted by Gasteiger charge is 2.23. The molecule has 0 atom stereocenters. The van der Waals surface area contributed by atoms with E-state index in [-0.39, 0.29) is 5.75 Å². The van der Waals surface area contributed by atoms with Crippen LogP contribution < -0.4 is 0 Å². The Morgan fingerprint density at radius 2 is 1.67 bits per heavy atom. The number of benzene rings is 1. The molecule has 1 fully saturated rings. The van der Waals surface area contributed by atoms with E-state index in [1.165, 1.54) is 0 Å². The van der Waals surface area contributed by atoms with Gasteiger partial charge in [-0.25, -0.2) is 12.7 Å². The van der Waals surface area contributed by atoms with Crippen LogP contribution in [-0.4, -0.2) is 25.8 Å². The number of nitrogens with zero attached hydrogens (tertiary/aromatic N) is 1. The van der Waals surface area contributed by atoms with Crippen molar-refractivity contribution in [3.63, 3.8) is 0 Å². The molecular weight excluding hydrogens is 246 g/mol. The average molecular weight is 267 g/mol. The van der Waals surface area contributed by atoms with Gasteiger partial charge < -0.3 is 0 Å². The zero-order valence-corrected chi connectivity index (χ0v) is 11.7. The van der Waals surface area contributed by atoms with E-state index in [0.29, 0.717) is 13.1 Å². The van der Waals surface area contributed by atoms with E-state index in [9.17, 15) is 8.42 Å². The first-order valence-corrected chi connectivity index (χ1v) is 8.23. The first-order chi connectivity index (χ1) is 8.59. The Balaban J connectivity index is 2.13. The lowest BCUT2D eigenvalue weighted by molar-refractivity contribution is 0.423. The Morgan fingerprint density at radius 3 is 2.28 bits per heavy atom. The van der Waals surface area contributed by atoms with E-state index in [1.54, 1.807) is 4.31 Å². The van der Waals surface area contributed by atoms with Gasteiger partial charge in [0.1, 0.15) is 0 Å². The minimum Gasteiger partial charge on any atom is -0.212 e. The maximum atomic E-state index is 12.4. The molecule has 2 rings (SSSR count). The molecule has 4 heteroatoms. The molecule has 0 radical (unpaired) electrons. The second-order valence-electron chi connectivity index (χ2n) is 5.00. The van der Waals surface area contributed by atoms with Crippen molar-refractivity contribution in [1.29, 1.82) is 0 Å². The Hall–Kier alpha value is -0.870. The summed E-state index contributed by atoms with van der Waals surface area (Å²) in [5.41, 5.74) is 1.97. The Bertz CT molecular complexity index is 488. The molecule has 0 amide bonds. The molecule has 1 aliphatic rings. The Kier molecular flexibility index (Phi) is 4.40. The van der Waals surface area contributed by atoms with Crippen molar-refractivity contribution in [3.8, 4) is 0 Å². The largest absolute Gasteiger partial charge is 0.218 e. The molecule has 0 bridgehead atoms. The normalized spacial score (nSPS) is 18.5. The minimum atomic E-state index is -3.15. The second kappa shape index (κ2) is 5.85. The van der Waals surface area contributed by atoms with Gasteiger partial charge in [0.2, 0.25) is 10.0 Å². The van der Waals surface area contributed by atoms with Gasteiger partial charge in [0.25, 0.3) is 0 Å². The fourth-order valence-electron chi connectivity index (χ4n) is 2.38. The third-order valence-corrected chi connectivity index (χ3v) is 5.39. The van der Waals surface area contributed by atoms with Crippen LogP contribution in [0.2, 0.25) is 0 Å². The highest BCUT2D eigenvalue weighted by atomic mass is 32.2. The Morgan fingerprint density at radius 1 is 1.06 bits per heavy atom. The van der Waals surface area contributed by atoms with E-state index < -0.39 is 10.0 Å². The van der Waals surface area contributed by atoms with Crippen LogP contribution in [0.4, 0.5) is 0 Å². The lowest BCUT2D eigenvalue weighted by Crippen LogP contribution is -2.33. The molecule has 0 N–H and O–H groups in total. The van der Waals surface area contributed by atoms with Gasteiger partial charge >= 0.3 is 0 Å². The van der Waals surface area contributed by atoms with Crippen molar-refractivity contribution in [2.24, 2.45) is 0 Å². The number of aryl methyl sites for hydroxylation is 1. The fraction of sp³-hybridized carbons (Fsp3) is 0.571. The molecule has 1 aliphatic heterocycles. The molecule has 0 saturated carbocycles. The topological polar surface area (TPSA) is 37.4 Å². The number of rotatable bonds is 3. The van der Waals surface area contributed by atoms with Crippen molar-refractivity contribution in [2.75, 3.05) is 13.1 Å². The minimum absolute atomic E-state index is 0.139. The molecule has 0 aromatic heterocycles. The lowest BCUT2D eigenvalue weighted by Gasteiger charge is -2.20. The predicted molar refractivity (Wildman–Crippen MR) is 73.8 cm³/mol. The third kappa shape index (κ3) is 3.33. The van der Waals surface area contributed by atoms with Gasteiger partial charge in [0, 0.05) is 13.1 Å². The summed E-state index contributed by atoms with van der Waals surface area (Å²) in [6.45, 7) is 3.34. The van der Waals surface area contributed by atoms with Crippen LogP contribution in [0.15, 0.2) is 24.3 Å². The Labute approximate surface area is 110 Å². The second-order valence-corrected chi connectivity index (χ2v) is 6.96. The van der Waals surface area contributed by atoms with Crippen molar-refractivity contribution in [1.82, 2.24) is 4.31 Å². The zero-order valence-electron chi connectivity index (χ0n) is 10.9. The van der Waals surface area contributed by atoms with Crippen LogP contribution in [0.3, 0.4) is 0 Å². The predicted octanol–water partition coefficient (Wildman–Crippen LogP) is 2.70. The van der Waals surface area contributed by atoms with Crippen LogP contribution >= 0.6 is 0 Å².